The number of carbonyl (C=O) groups excluding carboxylic acids is 1. The van der Waals surface area contributed by atoms with Gasteiger partial charge in [0.15, 0.2) is 5.82 Å². The van der Waals surface area contributed by atoms with E-state index in [-0.39, 0.29) is 5.97 Å². The normalized spacial score (nSPS) is 11.6. The molecule has 6 heteroatoms. The van der Waals surface area contributed by atoms with Gasteiger partial charge in [0.2, 0.25) is 0 Å². The Morgan fingerprint density at radius 1 is 1.53 bits per heavy atom. The molecule has 0 aliphatic heterocycles. The fourth-order valence-corrected chi connectivity index (χ4v) is 2.49. The lowest BCUT2D eigenvalue weighted by atomic mass is 9.92. The van der Waals surface area contributed by atoms with Gasteiger partial charge < -0.3 is 4.74 Å². The maximum atomic E-state index is 12.0. The molecular weight excluding hydrogens is 262 g/mol. The van der Waals surface area contributed by atoms with Crippen LogP contribution in [0.25, 0.3) is 10.7 Å². The van der Waals surface area contributed by atoms with Crippen LogP contribution >= 0.6 is 11.3 Å². The van der Waals surface area contributed by atoms with E-state index in [1.807, 2.05) is 17.5 Å². The van der Waals surface area contributed by atoms with Crippen molar-refractivity contribution in [2.24, 2.45) is 7.05 Å². The zero-order valence-corrected chi connectivity index (χ0v) is 12.3. The van der Waals surface area contributed by atoms with E-state index in [9.17, 15) is 4.79 Å². The van der Waals surface area contributed by atoms with Gasteiger partial charge in [-0.3, -0.25) is 9.48 Å². The van der Waals surface area contributed by atoms with E-state index < -0.39 is 5.41 Å². The smallest absolute Gasteiger partial charge is 0.319 e. The van der Waals surface area contributed by atoms with Crippen LogP contribution in [0.4, 0.5) is 0 Å². The summed E-state index contributed by atoms with van der Waals surface area (Å²) in [6.45, 7) is 5.75. The highest BCUT2D eigenvalue weighted by Gasteiger charge is 2.36. The van der Waals surface area contributed by atoms with Gasteiger partial charge in [0.05, 0.1) is 11.5 Å². The highest BCUT2D eigenvalue weighted by Crippen LogP contribution is 2.27. The van der Waals surface area contributed by atoms with Gasteiger partial charge >= 0.3 is 5.97 Å². The summed E-state index contributed by atoms with van der Waals surface area (Å²) in [5, 5.41) is 6.34. The Balaban J connectivity index is 2.38. The number of ether oxygens (including phenoxy) is 1. The predicted molar refractivity (Wildman–Crippen MR) is 74.0 cm³/mol. The lowest BCUT2D eigenvalue weighted by molar-refractivity contribution is -0.149. The number of hydrogen-bond donors (Lipinski definition) is 0. The molecule has 2 aromatic rings. The highest BCUT2D eigenvalue weighted by atomic mass is 32.1. The second-order valence-electron chi connectivity index (χ2n) is 4.71. The molecule has 0 fully saturated rings. The summed E-state index contributed by atoms with van der Waals surface area (Å²) in [6.07, 6.45) is 0. The first-order chi connectivity index (χ1) is 8.96. The molecule has 2 rings (SSSR count). The van der Waals surface area contributed by atoms with Crippen molar-refractivity contribution < 1.29 is 9.53 Å². The molecule has 2 aromatic heterocycles. The van der Waals surface area contributed by atoms with Gasteiger partial charge in [0, 0.05) is 7.05 Å². The SMILES string of the molecule is CCOC(=O)C(C)(C)c1nc(-c2cccs2)nn1C. The van der Waals surface area contributed by atoms with Crippen LogP contribution in [-0.4, -0.2) is 27.3 Å². The molecule has 0 atom stereocenters. The van der Waals surface area contributed by atoms with Crippen LogP contribution in [0.1, 0.15) is 26.6 Å². The van der Waals surface area contributed by atoms with E-state index in [0.29, 0.717) is 18.3 Å². The summed E-state index contributed by atoms with van der Waals surface area (Å²) < 4.78 is 6.74. The third kappa shape index (κ3) is 2.53. The van der Waals surface area contributed by atoms with Crippen molar-refractivity contribution >= 4 is 17.3 Å². The lowest BCUT2D eigenvalue weighted by Crippen LogP contribution is -2.34. The highest BCUT2D eigenvalue weighted by molar-refractivity contribution is 7.13. The van der Waals surface area contributed by atoms with Crippen LogP contribution in [0.2, 0.25) is 0 Å². The number of hydrogen-bond acceptors (Lipinski definition) is 5. The van der Waals surface area contributed by atoms with Crippen LogP contribution in [-0.2, 0) is 22.0 Å². The first-order valence-electron chi connectivity index (χ1n) is 6.09. The topological polar surface area (TPSA) is 57.0 Å². The molecule has 0 aromatic carbocycles. The number of carbonyl (C=O) groups is 1. The molecule has 0 radical (unpaired) electrons. The number of nitrogens with zero attached hydrogens (tertiary/aromatic N) is 3. The van der Waals surface area contributed by atoms with Crippen molar-refractivity contribution in [3.05, 3.63) is 23.3 Å². The van der Waals surface area contributed by atoms with E-state index in [0.717, 1.165) is 4.88 Å². The van der Waals surface area contributed by atoms with Crippen molar-refractivity contribution in [1.82, 2.24) is 14.8 Å². The molecule has 0 spiro atoms. The number of rotatable bonds is 4. The average molecular weight is 279 g/mol. The van der Waals surface area contributed by atoms with Crippen LogP contribution in [0.3, 0.4) is 0 Å². The number of aryl methyl sites for hydroxylation is 1. The second kappa shape index (κ2) is 5.13. The van der Waals surface area contributed by atoms with Crippen molar-refractivity contribution in [3.63, 3.8) is 0 Å². The molecule has 2 heterocycles. The zero-order chi connectivity index (χ0) is 14.0. The summed E-state index contributed by atoms with van der Waals surface area (Å²) in [5.41, 5.74) is -0.812. The third-order valence-electron chi connectivity index (χ3n) is 2.85. The Morgan fingerprint density at radius 2 is 2.26 bits per heavy atom. The van der Waals surface area contributed by atoms with Crippen LogP contribution in [0, 0.1) is 0 Å². The van der Waals surface area contributed by atoms with Crippen molar-refractivity contribution in [3.8, 4) is 10.7 Å². The molecule has 0 N–H and O–H groups in total. The van der Waals surface area contributed by atoms with Crippen LogP contribution < -0.4 is 0 Å². The van der Waals surface area contributed by atoms with Gasteiger partial charge in [0.25, 0.3) is 0 Å². The van der Waals surface area contributed by atoms with E-state index in [4.69, 9.17) is 4.74 Å². The van der Waals surface area contributed by atoms with E-state index >= 15 is 0 Å². The summed E-state index contributed by atoms with van der Waals surface area (Å²) in [6, 6.07) is 3.91. The lowest BCUT2D eigenvalue weighted by Gasteiger charge is -2.20. The minimum absolute atomic E-state index is 0.289. The molecule has 0 aliphatic rings. The monoisotopic (exact) mass is 279 g/mol. The Hall–Kier alpha value is -1.69. The number of aromatic nitrogens is 3. The van der Waals surface area contributed by atoms with E-state index in [1.54, 1.807) is 43.8 Å². The molecule has 0 unspecified atom stereocenters. The molecule has 19 heavy (non-hydrogen) atoms. The summed E-state index contributed by atoms with van der Waals surface area (Å²) >= 11 is 1.57. The fourth-order valence-electron chi connectivity index (χ4n) is 1.84. The third-order valence-corrected chi connectivity index (χ3v) is 3.72. The summed E-state index contributed by atoms with van der Waals surface area (Å²) in [5.74, 6) is 0.961. The Kier molecular flexibility index (Phi) is 3.71. The van der Waals surface area contributed by atoms with Crippen molar-refractivity contribution in [1.29, 1.82) is 0 Å². The second-order valence-corrected chi connectivity index (χ2v) is 5.65. The minimum atomic E-state index is -0.812. The Labute approximate surface area is 116 Å². The van der Waals surface area contributed by atoms with Gasteiger partial charge in [-0.25, -0.2) is 4.98 Å². The van der Waals surface area contributed by atoms with Crippen LogP contribution in [0.15, 0.2) is 17.5 Å². The Bertz CT molecular complexity index is 573. The molecule has 5 nitrogen and oxygen atoms in total. The first-order valence-corrected chi connectivity index (χ1v) is 6.97. The van der Waals surface area contributed by atoms with Gasteiger partial charge in [-0.15, -0.1) is 11.3 Å². The van der Waals surface area contributed by atoms with Gasteiger partial charge in [-0.05, 0) is 32.2 Å². The fraction of sp³-hybridized carbons (Fsp3) is 0.462. The standard InChI is InChI=1S/C13H17N3O2S/c1-5-18-12(17)13(2,3)11-14-10(15-16(11)4)9-7-6-8-19-9/h6-8H,5H2,1-4H3. The molecule has 0 aliphatic carbocycles. The predicted octanol–water partition coefficient (Wildman–Crippen LogP) is 2.38. The molecule has 0 saturated carbocycles. The van der Waals surface area contributed by atoms with Gasteiger partial charge in [0.1, 0.15) is 11.2 Å². The van der Waals surface area contributed by atoms with Crippen molar-refractivity contribution in [2.45, 2.75) is 26.2 Å². The van der Waals surface area contributed by atoms with E-state index in [1.165, 1.54) is 0 Å². The minimum Gasteiger partial charge on any atom is -0.465 e. The Morgan fingerprint density at radius 3 is 2.84 bits per heavy atom. The average Bonchev–Trinajstić information content (AvgIpc) is 2.97. The van der Waals surface area contributed by atoms with Gasteiger partial charge in [-0.1, -0.05) is 6.07 Å². The molecule has 0 bridgehead atoms. The first kappa shape index (κ1) is 13.7. The largest absolute Gasteiger partial charge is 0.465 e. The van der Waals surface area contributed by atoms with Gasteiger partial charge in [-0.2, -0.15) is 5.10 Å². The van der Waals surface area contributed by atoms with E-state index in [2.05, 4.69) is 10.1 Å². The molecule has 0 saturated heterocycles. The quantitative estimate of drug-likeness (QED) is 0.806. The molecular formula is C13H17N3O2S. The van der Waals surface area contributed by atoms with Crippen molar-refractivity contribution in [2.75, 3.05) is 6.61 Å². The molecule has 102 valence electrons. The van der Waals surface area contributed by atoms with Crippen LogP contribution in [0.5, 0.6) is 0 Å². The maximum absolute atomic E-state index is 12.0. The maximum Gasteiger partial charge on any atom is 0.319 e. The zero-order valence-electron chi connectivity index (χ0n) is 11.5. The number of esters is 1. The summed E-state index contributed by atoms with van der Waals surface area (Å²) in [7, 11) is 1.79. The number of thiophene rings is 1. The summed E-state index contributed by atoms with van der Waals surface area (Å²) in [4.78, 5) is 17.5. The molecule has 0 amide bonds.